The molecule has 1 aromatic carbocycles. The Bertz CT molecular complexity index is 554. The first-order valence-corrected chi connectivity index (χ1v) is 7.71. The van der Waals surface area contributed by atoms with Crippen LogP contribution >= 0.6 is 0 Å². The average Bonchev–Trinajstić information content (AvgIpc) is 3.26. The van der Waals surface area contributed by atoms with Crippen molar-refractivity contribution in [3.8, 4) is 0 Å². The highest BCUT2D eigenvalue weighted by Crippen LogP contribution is 2.29. The summed E-state index contributed by atoms with van der Waals surface area (Å²) in [7, 11) is 0. The van der Waals surface area contributed by atoms with Crippen molar-refractivity contribution in [3.63, 3.8) is 0 Å². The average molecular weight is 303 g/mol. The van der Waals surface area contributed by atoms with Crippen molar-refractivity contribution in [1.29, 1.82) is 0 Å². The molecule has 2 N–H and O–H groups in total. The lowest BCUT2D eigenvalue weighted by Gasteiger charge is -2.16. The number of nitrogens with zero attached hydrogens (tertiary/aromatic N) is 1. The van der Waals surface area contributed by atoms with Crippen LogP contribution in [0.1, 0.15) is 19.8 Å². The van der Waals surface area contributed by atoms with Gasteiger partial charge in [-0.25, -0.2) is 4.79 Å². The topological polar surface area (TPSA) is 70.7 Å². The summed E-state index contributed by atoms with van der Waals surface area (Å²) in [5.41, 5.74) is 1.53. The van der Waals surface area contributed by atoms with Crippen LogP contribution < -0.4 is 15.5 Å². The molecule has 2 fully saturated rings. The van der Waals surface area contributed by atoms with Gasteiger partial charge in [0, 0.05) is 24.5 Å². The summed E-state index contributed by atoms with van der Waals surface area (Å²) < 4.78 is 5.55. The molecule has 1 aliphatic carbocycles. The van der Waals surface area contributed by atoms with Gasteiger partial charge in [-0.1, -0.05) is 0 Å². The quantitative estimate of drug-likeness (QED) is 0.844. The minimum atomic E-state index is -0.454. The Labute approximate surface area is 129 Å². The van der Waals surface area contributed by atoms with E-state index in [0.29, 0.717) is 31.3 Å². The van der Waals surface area contributed by atoms with E-state index in [1.165, 1.54) is 12.8 Å². The van der Waals surface area contributed by atoms with E-state index in [0.717, 1.165) is 5.69 Å². The molecule has 6 nitrogen and oxygen atoms in total. The summed E-state index contributed by atoms with van der Waals surface area (Å²) in [4.78, 5) is 25.3. The first kappa shape index (κ1) is 14.8. The third kappa shape index (κ3) is 3.57. The van der Waals surface area contributed by atoms with Gasteiger partial charge < -0.3 is 15.4 Å². The van der Waals surface area contributed by atoms with Crippen molar-refractivity contribution in [3.05, 3.63) is 24.3 Å². The highest BCUT2D eigenvalue weighted by Gasteiger charge is 2.24. The largest absolute Gasteiger partial charge is 0.368 e. The van der Waals surface area contributed by atoms with E-state index >= 15 is 0 Å². The van der Waals surface area contributed by atoms with E-state index in [9.17, 15) is 9.59 Å². The number of hydrogen-bond acceptors (Lipinski definition) is 3. The molecule has 0 bridgehead atoms. The van der Waals surface area contributed by atoms with Crippen LogP contribution in [0.4, 0.5) is 16.2 Å². The highest BCUT2D eigenvalue weighted by atomic mass is 16.5. The molecule has 2 aliphatic rings. The number of anilines is 2. The molecule has 3 amide bonds. The molecule has 6 heteroatoms. The molecular formula is C16H21N3O3. The van der Waals surface area contributed by atoms with Gasteiger partial charge in [0.1, 0.15) is 6.10 Å². The van der Waals surface area contributed by atoms with E-state index in [1.807, 2.05) is 12.1 Å². The van der Waals surface area contributed by atoms with Crippen molar-refractivity contribution in [2.75, 3.05) is 29.9 Å². The van der Waals surface area contributed by atoms with Crippen LogP contribution in [0.3, 0.4) is 0 Å². The smallest absolute Gasteiger partial charge is 0.321 e. The van der Waals surface area contributed by atoms with Crippen LogP contribution in [0.15, 0.2) is 24.3 Å². The first-order chi connectivity index (χ1) is 10.6. The standard InChI is InChI=1S/C16H21N3O3/c1-11(22-10-12-2-3-12)15(20)18-13-4-6-14(7-5-13)19-9-8-17-16(19)21/h4-7,11-12H,2-3,8-10H2,1H3,(H,17,21)(H,18,20). The lowest BCUT2D eigenvalue weighted by Crippen LogP contribution is -2.29. The minimum Gasteiger partial charge on any atom is -0.368 e. The van der Waals surface area contributed by atoms with Gasteiger partial charge in [0.15, 0.2) is 0 Å². The van der Waals surface area contributed by atoms with Gasteiger partial charge in [-0.3, -0.25) is 9.69 Å². The number of ether oxygens (including phenoxy) is 1. The number of carbonyl (C=O) groups is 2. The predicted octanol–water partition coefficient (Wildman–Crippen LogP) is 1.97. The molecule has 1 saturated heterocycles. The Morgan fingerprint density at radius 1 is 1.41 bits per heavy atom. The number of amides is 3. The lowest BCUT2D eigenvalue weighted by atomic mass is 10.2. The zero-order valence-corrected chi connectivity index (χ0v) is 12.7. The molecule has 0 spiro atoms. The van der Waals surface area contributed by atoms with Gasteiger partial charge in [0.25, 0.3) is 5.91 Å². The SMILES string of the molecule is CC(OCC1CC1)C(=O)Nc1ccc(N2CCNC2=O)cc1. The van der Waals surface area contributed by atoms with Crippen molar-refractivity contribution >= 4 is 23.3 Å². The van der Waals surface area contributed by atoms with E-state index < -0.39 is 6.10 Å². The molecule has 1 unspecified atom stereocenters. The lowest BCUT2D eigenvalue weighted by molar-refractivity contribution is -0.126. The monoisotopic (exact) mass is 303 g/mol. The van der Waals surface area contributed by atoms with Crippen molar-refractivity contribution < 1.29 is 14.3 Å². The summed E-state index contributed by atoms with van der Waals surface area (Å²) in [6.45, 7) is 3.75. The van der Waals surface area contributed by atoms with Gasteiger partial charge in [-0.05, 0) is 49.9 Å². The molecule has 3 rings (SSSR count). The van der Waals surface area contributed by atoms with E-state index in [2.05, 4.69) is 10.6 Å². The minimum absolute atomic E-state index is 0.0844. The second-order valence-electron chi connectivity index (χ2n) is 5.84. The fourth-order valence-electron chi connectivity index (χ4n) is 2.33. The summed E-state index contributed by atoms with van der Waals surface area (Å²) in [6, 6.07) is 7.17. The van der Waals surface area contributed by atoms with Crippen LogP contribution in [0.2, 0.25) is 0 Å². The third-order valence-electron chi connectivity index (χ3n) is 3.95. The van der Waals surface area contributed by atoms with E-state index in [4.69, 9.17) is 4.74 Å². The molecule has 1 heterocycles. The zero-order valence-electron chi connectivity index (χ0n) is 12.7. The van der Waals surface area contributed by atoms with Crippen LogP contribution in [-0.4, -0.2) is 37.7 Å². The maximum atomic E-state index is 12.0. The zero-order chi connectivity index (χ0) is 15.5. The molecular weight excluding hydrogens is 282 g/mol. The maximum absolute atomic E-state index is 12.0. The van der Waals surface area contributed by atoms with Crippen LogP contribution in [-0.2, 0) is 9.53 Å². The van der Waals surface area contributed by atoms with Gasteiger partial charge in [-0.15, -0.1) is 0 Å². The van der Waals surface area contributed by atoms with E-state index in [1.54, 1.807) is 24.0 Å². The molecule has 1 aliphatic heterocycles. The summed E-state index contributed by atoms with van der Waals surface area (Å²) in [5, 5.41) is 5.59. The fourth-order valence-corrected chi connectivity index (χ4v) is 2.33. The Hall–Kier alpha value is -2.08. The summed E-state index contributed by atoms with van der Waals surface area (Å²) >= 11 is 0. The second kappa shape index (κ2) is 6.36. The summed E-state index contributed by atoms with van der Waals surface area (Å²) in [6.07, 6.45) is 1.96. The number of nitrogens with one attached hydrogen (secondary N) is 2. The van der Waals surface area contributed by atoms with Crippen molar-refractivity contribution in [2.45, 2.75) is 25.9 Å². The maximum Gasteiger partial charge on any atom is 0.321 e. The number of urea groups is 1. The van der Waals surface area contributed by atoms with Crippen molar-refractivity contribution in [1.82, 2.24) is 5.32 Å². The highest BCUT2D eigenvalue weighted by molar-refractivity contribution is 5.96. The van der Waals surface area contributed by atoms with E-state index in [-0.39, 0.29) is 11.9 Å². The first-order valence-electron chi connectivity index (χ1n) is 7.71. The molecule has 1 aromatic rings. The van der Waals surface area contributed by atoms with Crippen molar-refractivity contribution in [2.24, 2.45) is 5.92 Å². The second-order valence-corrected chi connectivity index (χ2v) is 5.84. The molecule has 1 atom stereocenters. The fraction of sp³-hybridized carbons (Fsp3) is 0.500. The predicted molar refractivity (Wildman–Crippen MR) is 84.0 cm³/mol. The van der Waals surface area contributed by atoms with Gasteiger partial charge >= 0.3 is 6.03 Å². The number of hydrogen-bond donors (Lipinski definition) is 2. The number of benzene rings is 1. The Balaban J connectivity index is 1.53. The number of rotatable bonds is 6. The Kier molecular flexibility index (Phi) is 4.29. The third-order valence-corrected chi connectivity index (χ3v) is 3.95. The molecule has 0 radical (unpaired) electrons. The normalized spacial score (nSPS) is 19.0. The number of carbonyl (C=O) groups excluding carboxylic acids is 2. The molecule has 118 valence electrons. The molecule has 22 heavy (non-hydrogen) atoms. The van der Waals surface area contributed by atoms with Crippen LogP contribution in [0, 0.1) is 5.92 Å². The van der Waals surface area contributed by atoms with Crippen LogP contribution in [0.25, 0.3) is 0 Å². The Morgan fingerprint density at radius 2 is 2.14 bits per heavy atom. The van der Waals surface area contributed by atoms with Gasteiger partial charge in [-0.2, -0.15) is 0 Å². The van der Waals surface area contributed by atoms with Gasteiger partial charge in [0.05, 0.1) is 6.61 Å². The molecule has 0 aromatic heterocycles. The van der Waals surface area contributed by atoms with Crippen LogP contribution in [0.5, 0.6) is 0 Å². The van der Waals surface area contributed by atoms with Gasteiger partial charge in [0.2, 0.25) is 0 Å². The summed E-state index contributed by atoms with van der Waals surface area (Å²) in [5.74, 6) is 0.494. The Morgan fingerprint density at radius 3 is 2.73 bits per heavy atom. The molecule has 1 saturated carbocycles.